The van der Waals surface area contributed by atoms with E-state index in [-0.39, 0.29) is 0 Å². The number of nitrogens with two attached hydrogens (primary N) is 1. The molecule has 5 nitrogen and oxygen atoms in total. The first-order valence-electron chi connectivity index (χ1n) is 3.22. The molecule has 0 unspecified atom stereocenters. The Balaban J connectivity index is 2.76. The smallest absolute Gasteiger partial charge is 0.164 e. The van der Waals surface area contributed by atoms with Gasteiger partial charge in [0.1, 0.15) is 11.8 Å². The zero-order valence-electron chi connectivity index (χ0n) is 5.81. The Morgan fingerprint density at radius 2 is 2.36 bits per heavy atom. The van der Waals surface area contributed by atoms with E-state index in [9.17, 15) is 0 Å². The first kappa shape index (κ1) is 6.23. The van der Waals surface area contributed by atoms with E-state index in [0.29, 0.717) is 6.67 Å². The lowest BCUT2D eigenvalue weighted by molar-refractivity contribution is 0.746. The highest BCUT2D eigenvalue weighted by molar-refractivity contribution is 5.68. The number of aromatic nitrogens is 4. The number of nitrogens with zero attached hydrogens (tertiary/aromatic N) is 4. The van der Waals surface area contributed by atoms with Gasteiger partial charge in [-0.25, -0.2) is 15.0 Å². The van der Waals surface area contributed by atoms with Crippen molar-refractivity contribution in [2.24, 2.45) is 5.73 Å². The van der Waals surface area contributed by atoms with Crippen molar-refractivity contribution in [1.82, 2.24) is 19.5 Å². The Morgan fingerprint density at radius 1 is 1.45 bits per heavy atom. The minimum absolute atomic E-state index is 0.396. The molecule has 0 saturated heterocycles. The summed E-state index contributed by atoms with van der Waals surface area (Å²) in [7, 11) is 0. The van der Waals surface area contributed by atoms with Crippen molar-refractivity contribution in [2.75, 3.05) is 0 Å². The first-order chi connectivity index (χ1) is 5.42. The molecule has 2 aromatic rings. The van der Waals surface area contributed by atoms with Crippen LogP contribution in [0, 0.1) is 0 Å². The molecule has 0 aliphatic heterocycles. The summed E-state index contributed by atoms with van der Waals surface area (Å²) in [6.45, 7) is 0.396. The lowest BCUT2D eigenvalue weighted by Crippen LogP contribution is -2.05. The second-order valence-corrected chi connectivity index (χ2v) is 2.13. The SMILES string of the molecule is NCn1cnc2cncnc21. The molecule has 2 N–H and O–H groups in total. The molecule has 0 fully saturated rings. The van der Waals surface area contributed by atoms with Crippen molar-refractivity contribution in [3.05, 3.63) is 18.9 Å². The summed E-state index contributed by atoms with van der Waals surface area (Å²) in [4.78, 5) is 11.9. The zero-order chi connectivity index (χ0) is 7.68. The summed E-state index contributed by atoms with van der Waals surface area (Å²) in [5.74, 6) is 0. The molecular weight excluding hydrogens is 142 g/mol. The Bertz CT molecular complexity index is 366. The highest BCUT2D eigenvalue weighted by Crippen LogP contribution is 2.04. The number of fused-ring (bicyclic) bond motifs is 1. The van der Waals surface area contributed by atoms with Crippen LogP contribution in [0.5, 0.6) is 0 Å². The van der Waals surface area contributed by atoms with E-state index in [1.165, 1.54) is 6.33 Å². The fourth-order valence-corrected chi connectivity index (χ4v) is 0.948. The minimum Gasteiger partial charge on any atom is -0.314 e. The van der Waals surface area contributed by atoms with Crippen molar-refractivity contribution in [3.8, 4) is 0 Å². The lowest BCUT2D eigenvalue weighted by atomic mass is 10.6. The van der Waals surface area contributed by atoms with Crippen LogP contribution in [0.4, 0.5) is 0 Å². The van der Waals surface area contributed by atoms with E-state index in [2.05, 4.69) is 15.0 Å². The van der Waals surface area contributed by atoms with E-state index in [4.69, 9.17) is 5.73 Å². The predicted molar refractivity (Wildman–Crippen MR) is 39.5 cm³/mol. The molecule has 0 aliphatic carbocycles. The molecule has 56 valence electrons. The van der Waals surface area contributed by atoms with Gasteiger partial charge in [0.25, 0.3) is 0 Å². The van der Waals surface area contributed by atoms with E-state index >= 15 is 0 Å². The Hall–Kier alpha value is -1.49. The third-order valence-electron chi connectivity index (χ3n) is 1.48. The van der Waals surface area contributed by atoms with Gasteiger partial charge < -0.3 is 10.3 Å². The van der Waals surface area contributed by atoms with Crippen molar-refractivity contribution >= 4 is 11.2 Å². The highest BCUT2D eigenvalue weighted by Gasteiger charge is 1.99. The molecule has 2 aromatic heterocycles. The molecule has 2 heterocycles. The molecule has 2 rings (SSSR count). The Labute approximate surface area is 62.9 Å². The highest BCUT2D eigenvalue weighted by atomic mass is 15.1. The number of hydrogen-bond donors (Lipinski definition) is 1. The minimum atomic E-state index is 0.396. The predicted octanol–water partition coefficient (Wildman–Crippen LogP) is -0.258. The van der Waals surface area contributed by atoms with Crippen molar-refractivity contribution in [2.45, 2.75) is 6.67 Å². The van der Waals surface area contributed by atoms with Crippen LogP contribution in [0.2, 0.25) is 0 Å². The molecule has 5 heteroatoms. The van der Waals surface area contributed by atoms with Gasteiger partial charge in [-0.1, -0.05) is 0 Å². The number of imidazole rings is 1. The van der Waals surface area contributed by atoms with Gasteiger partial charge in [0, 0.05) is 0 Å². The summed E-state index contributed by atoms with van der Waals surface area (Å²) in [6, 6.07) is 0. The van der Waals surface area contributed by atoms with E-state index < -0.39 is 0 Å². The average Bonchev–Trinajstić information content (AvgIpc) is 2.47. The van der Waals surface area contributed by atoms with E-state index in [0.717, 1.165) is 11.2 Å². The van der Waals surface area contributed by atoms with Crippen LogP contribution in [-0.2, 0) is 6.67 Å². The maximum absolute atomic E-state index is 5.42. The summed E-state index contributed by atoms with van der Waals surface area (Å²) >= 11 is 0. The van der Waals surface area contributed by atoms with E-state index in [1.807, 2.05) is 0 Å². The molecular formula is C6H7N5. The van der Waals surface area contributed by atoms with Crippen molar-refractivity contribution in [1.29, 1.82) is 0 Å². The maximum atomic E-state index is 5.42. The standard InChI is InChI=1S/C6H7N5/c7-2-11-4-10-5-1-8-3-9-6(5)11/h1,3-4H,2,7H2. The molecule has 0 radical (unpaired) electrons. The quantitative estimate of drug-likeness (QED) is 0.606. The number of rotatable bonds is 1. The fourth-order valence-electron chi connectivity index (χ4n) is 0.948. The number of hydrogen-bond acceptors (Lipinski definition) is 4. The first-order valence-corrected chi connectivity index (χ1v) is 3.22. The van der Waals surface area contributed by atoms with Gasteiger partial charge in [0.05, 0.1) is 19.2 Å². The monoisotopic (exact) mass is 149 g/mol. The van der Waals surface area contributed by atoms with Gasteiger partial charge in [-0.3, -0.25) is 0 Å². The van der Waals surface area contributed by atoms with Crippen LogP contribution in [0.3, 0.4) is 0 Å². The summed E-state index contributed by atoms with van der Waals surface area (Å²) in [6.07, 6.45) is 4.80. The third-order valence-corrected chi connectivity index (χ3v) is 1.48. The molecule has 0 bridgehead atoms. The third kappa shape index (κ3) is 0.857. The second-order valence-electron chi connectivity index (χ2n) is 2.13. The molecule has 0 spiro atoms. The molecule has 0 aromatic carbocycles. The molecule has 11 heavy (non-hydrogen) atoms. The van der Waals surface area contributed by atoms with Crippen LogP contribution in [0.15, 0.2) is 18.9 Å². The van der Waals surface area contributed by atoms with Crippen LogP contribution < -0.4 is 5.73 Å². The molecule has 0 atom stereocenters. The average molecular weight is 149 g/mol. The van der Waals surface area contributed by atoms with E-state index in [1.54, 1.807) is 17.1 Å². The van der Waals surface area contributed by atoms with Gasteiger partial charge in [-0.15, -0.1) is 0 Å². The van der Waals surface area contributed by atoms with Gasteiger partial charge in [0.2, 0.25) is 0 Å². The Morgan fingerprint density at radius 3 is 3.18 bits per heavy atom. The molecule has 0 amide bonds. The van der Waals surface area contributed by atoms with Crippen molar-refractivity contribution in [3.63, 3.8) is 0 Å². The normalized spacial score (nSPS) is 10.6. The largest absolute Gasteiger partial charge is 0.314 e. The lowest BCUT2D eigenvalue weighted by Gasteiger charge is -1.94. The summed E-state index contributed by atoms with van der Waals surface area (Å²) < 4.78 is 1.76. The Kier molecular flexibility index (Phi) is 1.29. The van der Waals surface area contributed by atoms with Gasteiger partial charge in [-0.2, -0.15) is 0 Å². The van der Waals surface area contributed by atoms with Crippen LogP contribution in [0.25, 0.3) is 11.2 Å². The van der Waals surface area contributed by atoms with Gasteiger partial charge in [-0.05, 0) is 0 Å². The zero-order valence-corrected chi connectivity index (χ0v) is 5.81. The van der Waals surface area contributed by atoms with Crippen LogP contribution >= 0.6 is 0 Å². The fraction of sp³-hybridized carbons (Fsp3) is 0.167. The topological polar surface area (TPSA) is 69.6 Å². The maximum Gasteiger partial charge on any atom is 0.164 e. The summed E-state index contributed by atoms with van der Waals surface area (Å²) in [5, 5.41) is 0. The van der Waals surface area contributed by atoms with Crippen LogP contribution in [0.1, 0.15) is 0 Å². The van der Waals surface area contributed by atoms with Gasteiger partial charge >= 0.3 is 0 Å². The second kappa shape index (κ2) is 2.28. The molecule has 0 aliphatic rings. The van der Waals surface area contributed by atoms with Crippen LogP contribution in [-0.4, -0.2) is 19.5 Å². The van der Waals surface area contributed by atoms with Crippen molar-refractivity contribution < 1.29 is 0 Å². The summed E-state index contributed by atoms with van der Waals surface area (Å²) in [5.41, 5.74) is 6.98. The molecule has 0 saturated carbocycles. The van der Waals surface area contributed by atoms with Gasteiger partial charge in [0.15, 0.2) is 5.65 Å².